The van der Waals surface area contributed by atoms with Crippen molar-refractivity contribution in [3.05, 3.63) is 65.3 Å². The predicted molar refractivity (Wildman–Crippen MR) is 108 cm³/mol. The summed E-state index contributed by atoms with van der Waals surface area (Å²) in [5.74, 6) is -0.0136. The van der Waals surface area contributed by atoms with E-state index < -0.39 is 12.0 Å². The van der Waals surface area contributed by atoms with E-state index in [4.69, 9.17) is 16.9 Å². The third-order valence-electron chi connectivity index (χ3n) is 3.91. The van der Waals surface area contributed by atoms with Gasteiger partial charge in [0.2, 0.25) is 0 Å². The largest absolute Gasteiger partial charge is 0.398 e. The van der Waals surface area contributed by atoms with Gasteiger partial charge in [-0.3, -0.25) is 5.10 Å². The lowest BCUT2D eigenvalue weighted by atomic mass is 10.0. The first-order valence-electron chi connectivity index (χ1n) is 8.98. The van der Waals surface area contributed by atoms with E-state index in [2.05, 4.69) is 15.2 Å². The zero-order valence-corrected chi connectivity index (χ0v) is 15.8. The predicted octanol–water partition coefficient (Wildman–Crippen LogP) is 3.83. The van der Waals surface area contributed by atoms with Crippen LogP contribution < -0.4 is 11.5 Å². The number of halogens is 2. The highest BCUT2D eigenvalue weighted by Crippen LogP contribution is 2.26. The van der Waals surface area contributed by atoms with Gasteiger partial charge in [-0.2, -0.15) is 5.10 Å². The van der Waals surface area contributed by atoms with Gasteiger partial charge in [0.15, 0.2) is 5.82 Å². The van der Waals surface area contributed by atoms with Crippen LogP contribution in [-0.4, -0.2) is 27.1 Å². The molecule has 148 valence electrons. The number of aromatic nitrogens is 3. The number of nitrogens with two attached hydrogens (primary N) is 2. The van der Waals surface area contributed by atoms with Crippen molar-refractivity contribution in [2.24, 2.45) is 5.73 Å². The molecule has 0 fully saturated rings. The number of hydrogen-bond acceptors (Lipinski definition) is 5. The summed E-state index contributed by atoms with van der Waals surface area (Å²) < 4.78 is 27.3. The summed E-state index contributed by atoms with van der Waals surface area (Å²) in [5, 5.41) is 14.8. The fourth-order valence-electron chi connectivity index (χ4n) is 2.50. The van der Waals surface area contributed by atoms with Gasteiger partial charge in [0, 0.05) is 17.7 Å². The first-order chi connectivity index (χ1) is 13.5. The van der Waals surface area contributed by atoms with Crippen LogP contribution in [0.4, 0.5) is 14.5 Å². The second-order valence-electron chi connectivity index (χ2n) is 5.79. The number of hydrogen-bond donors (Lipinski definition) is 4. The fourth-order valence-corrected chi connectivity index (χ4v) is 2.50. The van der Waals surface area contributed by atoms with Crippen molar-refractivity contribution in [1.82, 2.24) is 15.2 Å². The topological polar surface area (TPSA) is 117 Å². The Hall–Kier alpha value is -3.13. The van der Waals surface area contributed by atoms with Crippen LogP contribution in [0.25, 0.3) is 11.4 Å². The Bertz CT molecular complexity index is 927. The van der Waals surface area contributed by atoms with E-state index in [0.717, 1.165) is 11.6 Å². The van der Waals surface area contributed by atoms with Crippen LogP contribution in [0, 0.1) is 11.2 Å². The molecule has 1 unspecified atom stereocenters. The SMILES string of the molecule is CC.N=C(/C=C/C1=CCC(F)C=C1)c1cc(-c2n[nH]c(CN)n2)c(F)cc1N. The smallest absolute Gasteiger partial charge is 0.184 e. The molecule has 3 rings (SSSR count). The third-order valence-corrected chi connectivity index (χ3v) is 3.91. The van der Waals surface area contributed by atoms with Gasteiger partial charge >= 0.3 is 0 Å². The Morgan fingerprint density at radius 1 is 1.39 bits per heavy atom. The number of rotatable bonds is 5. The Kier molecular flexibility index (Phi) is 7.34. The average molecular weight is 386 g/mol. The molecule has 1 aliphatic carbocycles. The van der Waals surface area contributed by atoms with E-state index in [1.165, 1.54) is 18.2 Å². The molecule has 0 radical (unpaired) electrons. The standard InChI is InChI=1S/C18H18F2N6.C2H6/c19-11-4-1-10(2-5-11)3-6-15(22)13-7-12(14(20)8-16(13)23)18-24-17(9-21)25-26-18;1-2/h1-4,6-8,11,22H,5,9,21,23H2,(H,24,25,26);1-2H3/b6-3+,22-15?;. The van der Waals surface area contributed by atoms with Gasteiger partial charge in [0.1, 0.15) is 17.8 Å². The molecule has 0 bridgehead atoms. The number of allylic oxidation sites excluding steroid dienone is 6. The maximum Gasteiger partial charge on any atom is 0.184 e. The van der Waals surface area contributed by atoms with Gasteiger partial charge in [-0.1, -0.05) is 32.1 Å². The van der Waals surface area contributed by atoms with Gasteiger partial charge in [-0.25, -0.2) is 13.8 Å². The summed E-state index contributed by atoms with van der Waals surface area (Å²) in [6.07, 6.45) is 7.42. The zero-order valence-electron chi connectivity index (χ0n) is 15.8. The molecule has 0 saturated carbocycles. The maximum absolute atomic E-state index is 14.3. The van der Waals surface area contributed by atoms with Crippen molar-refractivity contribution in [3.63, 3.8) is 0 Å². The number of nitrogen functional groups attached to an aromatic ring is 1. The number of alkyl halides is 1. The van der Waals surface area contributed by atoms with Crippen LogP contribution >= 0.6 is 0 Å². The highest BCUT2D eigenvalue weighted by molar-refractivity contribution is 6.10. The molecule has 1 aromatic heterocycles. The van der Waals surface area contributed by atoms with E-state index in [9.17, 15) is 8.78 Å². The molecule has 8 heteroatoms. The minimum Gasteiger partial charge on any atom is -0.398 e. The molecular weight excluding hydrogens is 362 g/mol. The number of nitrogens with one attached hydrogen (secondary N) is 2. The zero-order chi connectivity index (χ0) is 20.7. The average Bonchev–Trinajstić information content (AvgIpc) is 3.18. The number of benzene rings is 1. The Labute approximate surface area is 162 Å². The normalized spacial score (nSPS) is 15.9. The summed E-state index contributed by atoms with van der Waals surface area (Å²) in [4.78, 5) is 4.10. The van der Waals surface area contributed by atoms with Gasteiger partial charge in [-0.05, 0) is 29.9 Å². The lowest BCUT2D eigenvalue weighted by Crippen LogP contribution is -2.04. The summed E-state index contributed by atoms with van der Waals surface area (Å²) in [6, 6.07) is 2.57. The van der Waals surface area contributed by atoms with Crippen LogP contribution in [0.5, 0.6) is 0 Å². The van der Waals surface area contributed by atoms with Gasteiger partial charge in [0.05, 0.1) is 17.8 Å². The van der Waals surface area contributed by atoms with Crippen LogP contribution in [0.3, 0.4) is 0 Å². The first kappa shape index (κ1) is 21.2. The Morgan fingerprint density at radius 3 is 2.75 bits per heavy atom. The highest BCUT2D eigenvalue weighted by atomic mass is 19.1. The van der Waals surface area contributed by atoms with Gasteiger partial charge in [-0.15, -0.1) is 0 Å². The molecule has 1 heterocycles. The van der Waals surface area contributed by atoms with E-state index in [0.29, 0.717) is 17.8 Å². The van der Waals surface area contributed by atoms with Crippen LogP contribution in [0.1, 0.15) is 31.7 Å². The lowest BCUT2D eigenvalue weighted by Gasteiger charge is -2.09. The first-order valence-corrected chi connectivity index (χ1v) is 8.98. The Balaban J connectivity index is 0.00000136. The van der Waals surface area contributed by atoms with Crippen LogP contribution in [0.15, 0.2) is 48.1 Å². The van der Waals surface area contributed by atoms with E-state index in [1.54, 1.807) is 18.2 Å². The van der Waals surface area contributed by atoms with Gasteiger partial charge in [0.25, 0.3) is 0 Å². The molecule has 0 aliphatic heterocycles. The highest BCUT2D eigenvalue weighted by Gasteiger charge is 2.15. The lowest BCUT2D eigenvalue weighted by molar-refractivity contribution is 0.401. The van der Waals surface area contributed by atoms with Crippen molar-refractivity contribution in [2.45, 2.75) is 33.0 Å². The second kappa shape index (κ2) is 9.70. The van der Waals surface area contributed by atoms with Gasteiger partial charge < -0.3 is 16.9 Å². The summed E-state index contributed by atoms with van der Waals surface area (Å²) in [6.45, 7) is 4.15. The fraction of sp³-hybridized carbons (Fsp3) is 0.250. The van der Waals surface area contributed by atoms with Crippen molar-refractivity contribution in [2.75, 3.05) is 5.73 Å². The van der Waals surface area contributed by atoms with Crippen LogP contribution in [-0.2, 0) is 6.54 Å². The number of nitrogens with zero attached hydrogens (tertiary/aromatic N) is 2. The summed E-state index contributed by atoms with van der Waals surface area (Å²) in [5.41, 5.74) is 12.8. The molecule has 0 amide bonds. The van der Waals surface area contributed by atoms with Crippen molar-refractivity contribution < 1.29 is 8.78 Å². The molecule has 1 atom stereocenters. The summed E-state index contributed by atoms with van der Waals surface area (Å²) in [7, 11) is 0. The number of anilines is 1. The molecular formula is C20H24F2N6. The molecule has 1 aliphatic rings. The van der Waals surface area contributed by atoms with E-state index in [-0.39, 0.29) is 29.3 Å². The number of aromatic amines is 1. The molecule has 0 spiro atoms. The molecule has 0 saturated heterocycles. The maximum atomic E-state index is 14.3. The molecule has 6 N–H and O–H groups in total. The van der Waals surface area contributed by atoms with Crippen molar-refractivity contribution in [1.29, 1.82) is 5.41 Å². The van der Waals surface area contributed by atoms with Crippen molar-refractivity contribution in [3.8, 4) is 11.4 Å². The molecule has 1 aromatic carbocycles. The monoisotopic (exact) mass is 386 g/mol. The van der Waals surface area contributed by atoms with Crippen molar-refractivity contribution >= 4 is 11.4 Å². The number of H-pyrrole nitrogens is 1. The van der Waals surface area contributed by atoms with Crippen LogP contribution in [0.2, 0.25) is 0 Å². The third kappa shape index (κ3) is 4.98. The molecule has 6 nitrogen and oxygen atoms in total. The Morgan fingerprint density at radius 2 is 2.14 bits per heavy atom. The molecule has 2 aromatic rings. The quantitative estimate of drug-likeness (QED) is 0.461. The molecule has 28 heavy (non-hydrogen) atoms. The van der Waals surface area contributed by atoms with E-state index >= 15 is 0 Å². The second-order valence-corrected chi connectivity index (χ2v) is 5.79. The summed E-state index contributed by atoms with van der Waals surface area (Å²) >= 11 is 0. The minimum absolute atomic E-state index is 0.0926. The minimum atomic E-state index is -0.971. The van der Waals surface area contributed by atoms with E-state index in [1.807, 2.05) is 13.8 Å².